The fraction of sp³-hybridized carbons (Fsp3) is 0.588. The normalized spacial score (nSPS) is 12.2. The molecule has 1 rings (SSSR count). The van der Waals surface area contributed by atoms with Crippen molar-refractivity contribution in [3.8, 4) is 0 Å². The Morgan fingerprint density at radius 3 is 2.39 bits per heavy atom. The Labute approximate surface area is 167 Å². The van der Waals surface area contributed by atoms with Gasteiger partial charge in [0.1, 0.15) is 11.3 Å². The summed E-state index contributed by atoms with van der Waals surface area (Å²) in [6, 6.07) is 0. The summed E-state index contributed by atoms with van der Waals surface area (Å²) in [6.45, 7) is 9.94. The maximum atomic E-state index is 12.2. The Hall–Kier alpha value is -2.69. The Morgan fingerprint density at radius 2 is 1.86 bits per heavy atom. The lowest BCUT2D eigenvalue weighted by Gasteiger charge is -2.20. The number of aromatic nitrogens is 1. The molecule has 1 heterocycles. The lowest BCUT2D eigenvalue weighted by molar-refractivity contribution is -0.143. The van der Waals surface area contributed by atoms with Crippen LogP contribution in [0, 0.1) is 0 Å². The number of nitrogens with one attached hydrogen (secondary N) is 2. The quantitative estimate of drug-likeness (QED) is 0.398. The zero-order valence-electron chi connectivity index (χ0n) is 17.0. The van der Waals surface area contributed by atoms with E-state index in [2.05, 4.69) is 20.8 Å². The highest BCUT2D eigenvalue weighted by Crippen LogP contribution is 2.19. The number of carbonyl (C=O) groups is 3. The van der Waals surface area contributed by atoms with E-state index in [1.807, 2.05) is 0 Å². The number of ether oxygens (including phenoxy) is 2. The van der Waals surface area contributed by atoms with Gasteiger partial charge in [0, 0.05) is 12.4 Å². The fourth-order valence-electron chi connectivity index (χ4n) is 1.72. The molecular weight excluding hydrogens is 388 g/mol. The monoisotopic (exact) mass is 414 g/mol. The molecule has 28 heavy (non-hydrogen) atoms. The van der Waals surface area contributed by atoms with E-state index in [1.165, 1.54) is 26.3 Å². The molecule has 0 aliphatic carbocycles. The summed E-state index contributed by atoms with van der Waals surface area (Å²) in [4.78, 5) is 45.3. The van der Waals surface area contributed by atoms with Gasteiger partial charge in [-0.1, -0.05) is 5.16 Å². The van der Waals surface area contributed by atoms with Gasteiger partial charge >= 0.3 is 12.1 Å². The number of amides is 2. The SMILES string of the molecule is CCOC(=O)/C(=N\OC(C)(C)C(=O)NC)c1csc(NC(=O)OC(C)(C)C)n1. The van der Waals surface area contributed by atoms with Crippen molar-refractivity contribution in [1.82, 2.24) is 10.3 Å². The molecule has 1 aromatic heterocycles. The summed E-state index contributed by atoms with van der Waals surface area (Å²) in [5, 5.41) is 10.4. The number of likely N-dealkylation sites (N-methyl/N-ethyl adjacent to an activating group) is 1. The van der Waals surface area contributed by atoms with Gasteiger partial charge < -0.3 is 19.6 Å². The van der Waals surface area contributed by atoms with Crippen molar-refractivity contribution < 1.29 is 28.7 Å². The van der Waals surface area contributed by atoms with Gasteiger partial charge in [-0.15, -0.1) is 11.3 Å². The van der Waals surface area contributed by atoms with E-state index >= 15 is 0 Å². The van der Waals surface area contributed by atoms with Crippen molar-refractivity contribution >= 4 is 40.1 Å². The molecule has 10 nitrogen and oxygen atoms in total. The van der Waals surface area contributed by atoms with E-state index in [9.17, 15) is 14.4 Å². The minimum Gasteiger partial charge on any atom is -0.461 e. The number of anilines is 1. The molecule has 0 saturated carbocycles. The zero-order chi connectivity index (χ0) is 21.5. The fourth-order valence-corrected chi connectivity index (χ4v) is 2.40. The second-order valence-electron chi connectivity index (χ2n) is 7.01. The maximum Gasteiger partial charge on any atom is 0.413 e. The number of oxime groups is 1. The highest BCUT2D eigenvalue weighted by Gasteiger charge is 2.31. The van der Waals surface area contributed by atoms with Crippen LogP contribution in [0.4, 0.5) is 9.93 Å². The van der Waals surface area contributed by atoms with Crippen molar-refractivity contribution in [1.29, 1.82) is 0 Å². The molecule has 0 spiro atoms. The van der Waals surface area contributed by atoms with Crippen molar-refractivity contribution in [3.63, 3.8) is 0 Å². The molecule has 0 aromatic carbocycles. The minimum atomic E-state index is -1.32. The molecular formula is C17H26N4O6S. The largest absolute Gasteiger partial charge is 0.461 e. The third-order valence-electron chi connectivity index (χ3n) is 2.96. The Bertz CT molecular complexity index is 751. The second kappa shape index (κ2) is 9.49. The van der Waals surface area contributed by atoms with E-state index in [0.717, 1.165) is 11.3 Å². The van der Waals surface area contributed by atoms with E-state index in [1.54, 1.807) is 27.7 Å². The molecule has 0 unspecified atom stereocenters. The predicted molar refractivity (Wildman–Crippen MR) is 104 cm³/mol. The van der Waals surface area contributed by atoms with Gasteiger partial charge in [0.15, 0.2) is 5.13 Å². The molecule has 0 atom stereocenters. The van der Waals surface area contributed by atoms with Crippen LogP contribution in [0.5, 0.6) is 0 Å². The number of hydrogen-bond donors (Lipinski definition) is 2. The maximum absolute atomic E-state index is 12.2. The molecule has 0 aliphatic heterocycles. The average Bonchev–Trinajstić information content (AvgIpc) is 3.00. The summed E-state index contributed by atoms with van der Waals surface area (Å²) >= 11 is 1.07. The van der Waals surface area contributed by atoms with Crippen molar-refractivity contribution in [2.45, 2.75) is 52.7 Å². The molecule has 2 N–H and O–H groups in total. The number of thiazole rings is 1. The summed E-state index contributed by atoms with van der Waals surface area (Å²) in [5.74, 6) is -1.20. The Morgan fingerprint density at radius 1 is 1.21 bits per heavy atom. The van der Waals surface area contributed by atoms with Gasteiger partial charge in [0.2, 0.25) is 11.3 Å². The summed E-state index contributed by atoms with van der Waals surface area (Å²) < 4.78 is 10.1. The third-order valence-corrected chi connectivity index (χ3v) is 3.72. The Balaban J connectivity index is 3.05. The van der Waals surface area contributed by atoms with Gasteiger partial charge in [-0.25, -0.2) is 14.6 Å². The molecule has 0 saturated heterocycles. The van der Waals surface area contributed by atoms with Crippen LogP contribution >= 0.6 is 11.3 Å². The number of rotatable bonds is 7. The lowest BCUT2D eigenvalue weighted by Crippen LogP contribution is -2.42. The third kappa shape index (κ3) is 7.14. The first-order valence-corrected chi connectivity index (χ1v) is 9.39. The van der Waals surface area contributed by atoms with Crippen LogP contribution in [0.2, 0.25) is 0 Å². The van der Waals surface area contributed by atoms with Crippen molar-refractivity contribution in [2.75, 3.05) is 19.0 Å². The smallest absolute Gasteiger partial charge is 0.413 e. The molecule has 2 amide bonds. The van der Waals surface area contributed by atoms with Gasteiger partial charge in [0.05, 0.1) is 6.61 Å². The minimum absolute atomic E-state index is 0.115. The van der Waals surface area contributed by atoms with Gasteiger partial charge in [-0.2, -0.15) is 0 Å². The van der Waals surface area contributed by atoms with Crippen LogP contribution in [-0.2, 0) is 23.9 Å². The standard InChI is InChI=1S/C17H26N4O6S/c1-8-25-12(22)11(21-27-17(5,6)13(23)18-7)10-9-28-14(19-10)20-15(24)26-16(2,3)4/h9H,8H2,1-7H3,(H,18,23)(H,19,20,24)/b21-11-. The first-order valence-electron chi connectivity index (χ1n) is 8.51. The predicted octanol–water partition coefficient (Wildman–Crippen LogP) is 2.30. The molecule has 0 bridgehead atoms. The van der Waals surface area contributed by atoms with E-state index in [0.29, 0.717) is 0 Å². The van der Waals surface area contributed by atoms with Gasteiger partial charge in [0.25, 0.3) is 5.91 Å². The lowest BCUT2D eigenvalue weighted by atomic mass is 10.1. The van der Waals surface area contributed by atoms with E-state index < -0.39 is 29.2 Å². The first kappa shape index (κ1) is 23.3. The molecule has 11 heteroatoms. The number of carbonyl (C=O) groups excluding carboxylic acids is 3. The van der Waals surface area contributed by atoms with Crippen molar-refractivity contribution in [3.05, 3.63) is 11.1 Å². The van der Waals surface area contributed by atoms with E-state index in [-0.39, 0.29) is 23.1 Å². The summed E-state index contributed by atoms with van der Waals surface area (Å²) in [7, 11) is 1.46. The highest BCUT2D eigenvalue weighted by molar-refractivity contribution is 7.14. The van der Waals surface area contributed by atoms with Gasteiger partial charge in [-0.05, 0) is 41.5 Å². The molecule has 0 fully saturated rings. The summed E-state index contributed by atoms with van der Waals surface area (Å²) in [5.41, 5.74) is -2.09. The molecule has 1 aromatic rings. The average molecular weight is 414 g/mol. The van der Waals surface area contributed by atoms with Crippen LogP contribution < -0.4 is 10.6 Å². The first-order chi connectivity index (χ1) is 12.9. The van der Waals surface area contributed by atoms with Crippen molar-refractivity contribution in [2.24, 2.45) is 5.16 Å². The number of esters is 1. The van der Waals surface area contributed by atoms with Crippen LogP contribution in [0.1, 0.15) is 47.2 Å². The number of nitrogens with zero attached hydrogens (tertiary/aromatic N) is 2. The van der Waals surface area contributed by atoms with Crippen LogP contribution in [0.25, 0.3) is 0 Å². The topological polar surface area (TPSA) is 128 Å². The molecule has 156 valence electrons. The zero-order valence-corrected chi connectivity index (χ0v) is 17.9. The van der Waals surface area contributed by atoms with Gasteiger partial charge in [-0.3, -0.25) is 10.1 Å². The summed E-state index contributed by atoms with van der Waals surface area (Å²) in [6.07, 6.45) is -0.681. The van der Waals surface area contributed by atoms with Crippen LogP contribution in [-0.4, -0.2) is 53.5 Å². The highest BCUT2D eigenvalue weighted by atomic mass is 32.1. The number of hydrogen-bond acceptors (Lipinski definition) is 9. The molecule has 0 radical (unpaired) electrons. The second-order valence-corrected chi connectivity index (χ2v) is 7.86. The van der Waals surface area contributed by atoms with Crippen LogP contribution in [0.15, 0.2) is 10.5 Å². The van der Waals surface area contributed by atoms with E-state index in [4.69, 9.17) is 14.3 Å². The van der Waals surface area contributed by atoms with Crippen LogP contribution in [0.3, 0.4) is 0 Å². The Kier molecular flexibility index (Phi) is 7.91. The molecule has 0 aliphatic rings.